The van der Waals surface area contributed by atoms with Gasteiger partial charge >= 0.3 is 6.03 Å². The Morgan fingerprint density at radius 3 is 2.54 bits per heavy atom. The molecule has 6 nitrogen and oxygen atoms in total. The normalized spacial score (nSPS) is 10.5. The summed E-state index contributed by atoms with van der Waals surface area (Å²) in [6.45, 7) is 7.40. The zero-order valence-corrected chi connectivity index (χ0v) is 16.5. The van der Waals surface area contributed by atoms with Gasteiger partial charge in [-0.15, -0.1) is 0 Å². The van der Waals surface area contributed by atoms with Crippen LogP contribution in [0.2, 0.25) is 0 Å². The third-order valence-electron chi connectivity index (χ3n) is 4.53. The number of carbonyl (C=O) groups excluding carboxylic acids is 1. The van der Waals surface area contributed by atoms with E-state index in [1.54, 1.807) is 0 Å². The van der Waals surface area contributed by atoms with Crippen LogP contribution in [0.25, 0.3) is 5.69 Å². The fourth-order valence-electron chi connectivity index (χ4n) is 3.08. The molecule has 1 heterocycles. The second-order valence-corrected chi connectivity index (χ2v) is 6.51. The highest BCUT2D eigenvalue weighted by Crippen LogP contribution is 2.17. The van der Waals surface area contributed by atoms with E-state index in [1.165, 1.54) is 0 Å². The highest BCUT2D eigenvalue weighted by Gasteiger charge is 2.13. The molecule has 3 aromatic rings. The zero-order chi connectivity index (χ0) is 19.9. The van der Waals surface area contributed by atoms with E-state index in [4.69, 9.17) is 4.74 Å². The Labute approximate surface area is 165 Å². The second-order valence-electron chi connectivity index (χ2n) is 6.51. The van der Waals surface area contributed by atoms with E-state index >= 15 is 0 Å². The molecule has 0 spiro atoms. The number of amides is 2. The minimum atomic E-state index is -0.215. The molecule has 0 atom stereocenters. The Balaban J connectivity index is 1.58. The van der Waals surface area contributed by atoms with Gasteiger partial charge in [-0.3, -0.25) is 0 Å². The molecule has 3 rings (SSSR count). The van der Waals surface area contributed by atoms with Gasteiger partial charge in [0.15, 0.2) is 0 Å². The lowest BCUT2D eigenvalue weighted by Gasteiger charge is -2.10. The highest BCUT2D eigenvalue weighted by atomic mass is 16.5. The number of nitrogens with zero attached hydrogens (tertiary/aromatic N) is 2. The molecule has 0 saturated heterocycles. The zero-order valence-electron chi connectivity index (χ0n) is 16.5. The Bertz CT molecular complexity index is 935. The van der Waals surface area contributed by atoms with E-state index in [-0.39, 0.29) is 6.03 Å². The molecule has 0 saturated carbocycles. The molecule has 1 aromatic heterocycles. The van der Waals surface area contributed by atoms with Gasteiger partial charge < -0.3 is 15.4 Å². The summed E-state index contributed by atoms with van der Waals surface area (Å²) in [6.07, 6.45) is 0. The standard InChI is InChI=1S/C22H26N4O2/c1-4-28-20-12-8-9-18(13-20)14-23-22(27)24-15-21-16(2)25-26(17(21)3)19-10-6-5-7-11-19/h5-13H,4,14-15H2,1-3H3,(H2,23,24,27). The van der Waals surface area contributed by atoms with E-state index in [9.17, 15) is 4.79 Å². The predicted molar refractivity (Wildman–Crippen MR) is 110 cm³/mol. The second kappa shape index (κ2) is 9.08. The van der Waals surface area contributed by atoms with Crippen molar-refractivity contribution in [3.8, 4) is 11.4 Å². The van der Waals surface area contributed by atoms with Crippen molar-refractivity contribution in [1.82, 2.24) is 20.4 Å². The van der Waals surface area contributed by atoms with Gasteiger partial charge in [0.25, 0.3) is 0 Å². The number of ether oxygens (including phenoxy) is 1. The van der Waals surface area contributed by atoms with Gasteiger partial charge in [0.2, 0.25) is 0 Å². The van der Waals surface area contributed by atoms with Crippen LogP contribution in [0.3, 0.4) is 0 Å². The first-order valence-corrected chi connectivity index (χ1v) is 9.42. The van der Waals surface area contributed by atoms with Crippen LogP contribution in [-0.2, 0) is 13.1 Å². The molecule has 6 heteroatoms. The van der Waals surface area contributed by atoms with Gasteiger partial charge in [0.05, 0.1) is 18.0 Å². The topological polar surface area (TPSA) is 68.2 Å². The first kappa shape index (κ1) is 19.5. The Hall–Kier alpha value is -3.28. The lowest BCUT2D eigenvalue weighted by Crippen LogP contribution is -2.34. The van der Waals surface area contributed by atoms with E-state index < -0.39 is 0 Å². The molecule has 0 bridgehead atoms. The molecule has 0 aliphatic carbocycles. The van der Waals surface area contributed by atoms with Crippen LogP contribution in [0.4, 0.5) is 4.79 Å². The highest BCUT2D eigenvalue weighted by molar-refractivity contribution is 5.73. The molecule has 0 radical (unpaired) electrons. The number of benzene rings is 2. The first-order valence-electron chi connectivity index (χ1n) is 9.42. The number of carbonyl (C=O) groups is 1. The number of aromatic nitrogens is 2. The first-order chi connectivity index (χ1) is 13.6. The minimum absolute atomic E-state index is 0.215. The largest absolute Gasteiger partial charge is 0.494 e. The summed E-state index contributed by atoms with van der Waals surface area (Å²) in [5.41, 5.74) is 4.95. The average Bonchev–Trinajstić information content (AvgIpc) is 3.00. The maximum Gasteiger partial charge on any atom is 0.315 e. The molecule has 0 aliphatic rings. The van der Waals surface area contributed by atoms with Crippen LogP contribution in [-0.4, -0.2) is 22.4 Å². The van der Waals surface area contributed by atoms with Crippen molar-refractivity contribution in [3.05, 3.63) is 77.1 Å². The minimum Gasteiger partial charge on any atom is -0.494 e. The summed E-state index contributed by atoms with van der Waals surface area (Å²) in [5.74, 6) is 0.807. The molecule has 0 unspecified atom stereocenters. The van der Waals surface area contributed by atoms with Gasteiger partial charge in [0, 0.05) is 24.3 Å². The molecular formula is C22H26N4O2. The molecule has 0 fully saturated rings. The molecule has 2 aromatic carbocycles. The van der Waals surface area contributed by atoms with Crippen LogP contribution in [0.15, 0.2) is 54.6 Å². The predicted octanol–water partition coefficient (Wildman–Crippen LogP) is 3.89. The number of aryl methyl sites for hydroxylation is 1. The van der Waals surface area contributed by atoms with E-state index in [1.807, 2.05) is 80.1 Å². The maximum absolute atomic E-state index is 12.2. The number of para-hydroxylation sites is 1. The number of urea groups is 1. The maximum atomic E-state index is 12.2. The van der Waals surface area contributed by atoms with Crippen LogP contribution >= 0.6 is 0 Å². The van der Waals surface area contributed by atoms with E-state index in [0.29, 0.717) is 19.7 Å². The van der Waals surface area contributed by atoms with Gasteiger partial charge in [0.1, 0.15) is 5.75 Å². The molecule has 146 valence electrons. The van der Waals surface area contributed by atoms with Crippen molar-refractivity contribution < 1.29 is 9.53 Å². The van der Waals surface area contributed by atoms with Crippen molar-refractivity contribution in [2.45, 2.75) is 33.9 Å². The third kappa shape index (κ3) is 4.71. The van der Waals surface area contributed by atoms with Crippen molar-refractivity contribution in [3.63, 3.8) is 0 Å². The lowest BCUT2D eigenvalue weighted by molar-refractivity contribution is 0.240. The molecular weight excluding hydrogens is 352 g/mol. The number of nitrogens with one attached hydrogen (secondary N) is 2. The SMILES string of the molecule is CCOc1cccc(CNC(=O)NCc2c(C)nn(-c3ccccc3)c2C)c1. The fourth-order valence-corrected chi connectivity index (χ4v) is 3.08. The summed E-state index contributed by atoms with van der Waals surface area (Å²) < 4.78 is 7.39. The number of hydrogen-bond donors (Lipinski definition) is 2. The summed E-state index contributed by atoms with van der Waals surface area (Å²) in [6, 6.07) is 17.5. The van der Waals surface area contributed by atoms with Gasteiger partial charge in [-0.2, -0.15) is 5.10 Å². The van der Waals surface area contributed by atoms with Crippen molar-refractivity contribution in [2.75, 3.05) is 6.61 Å². The average molecular weight is 378 g/mol. The smallest absolute Gasteiger partial charge is 0.315 e. The summed E-state index contributed by atoms with van der Waals surface area (Å²) >= 11 is 0. The van der Waals surface area contributed by atoms with Crippen LogP contribution < -0.4 is 15.4 Å². The Morgan fingerprint density at radius 1 is 1.04 bits per heavy atom. The number of rotatable bonds is 7. The van der Waals surface area contributed by atoms with Gasteiger partial charge in [-0.1, -0.05) is 30.3 Å². The quantitative estimate of drug-likeness (QED) is 0.655. The monoisotopic (exact) mass is 378 g/mol. The molecule has 2 amide bonds. The van der Waals surface area contributed by atoms with E-state index in [2.05, 4.69) is 15.7 Å². The van der Waals surface area contributed by atoms with Gasteiger partial charge in [-0.05, 0) is 50.6 Å². The van der Waals surface area contributed by atoms with Gasteiger partial charge in [-0.25, -0.2) is 9.48 Å². The molecule has 28 heavy (non-hydrogen) atoms. The number of hydrogen-bond acceptors (Lipinski definition) is 3. The van der Waals surface area contributed by atoms with Crippen LogP contribution in [0.1, 0.15) is 29.4 Å². The van der Waals surface area contributed by atoms with E-state index in [0.717, 1.165) is 34.0 Å². The molecule has 0 aliphatic heterocycles. The molecule has 2 N–H and O–H groups in total. The van der Waals surface area contributed by atoms with Crippen molar-refractivity contribution in [2.24, 2.45) is 0 Å². The summed E-state index contributed by atoms with van der Waals surface area (Å²) in [7, 11) is 0. The van der Waals surface area contributed by atoms with Crippen LogP contribution in [0.5, 0.6) is 5.75 Å². The summed E-state index contributed by atoms with van der Waals surface area (Å²) in [5, 5.41) is 10.4. The fraction of sp³-hybridized carbons (Fsp3) is 0.273. The van der Waals surface area contributed by atoms with Crippen LogP contribution in [0, 0.1) is 13.8 Å². The van der Waals surface area contributed by atoms with Crippen molar-refractivity contribution >= 4 is 6.03 Å². The lowest BCUT2D eigenvalue weighted by atomic mass is 10.2. The summed E-state index contributed by atoms with van der Waals surface area (Å²) in [4.78, 5) is 12.2. The Kier molecular flexibility index (Phi) is 6.32. The van der Waals surface area contributed by atoms with Crippen molar-refractivity contribution in [1.29, 1.82) is 0 Å². The third-order valence-corrected chi connectivity index (χ3v) is 4.53. The Morgan fingerprint density at radius 2 is 1.79 bits per heavy atom.